The number of unbranched alkanes of at least 4 members (excludes halogenated alkanes) is 10. The lowest BCUT2D eigenvalue weighted by molar-refractivity contribution is -0.0245. The van der Waals surface area contributed by atoms with E-state index in [1.54, 1.807) is 57.8 Å². The van der Waals surface area contributed by atoms with Crippen LogP contribution in [0.3, 0.4) is 0 Å². The molecule has 6 unspecified atom stereocenters. The Hall–Kier alpha value is -0.0800. The van der Waals surface area contributed by atoms with Gasteiger partial charge in [0.1, 0.15) is 0 Å². The molecule has 0 N–H and O–H groups in total. The molecule has 0 aromatic heterocycles. The standard InChI is InChI=1S/C50H91NO/c1-6-8-10-12-14-16-34-50(35-17-15-13-11-9-7-2)48-36-39(4)20-32-46(48)47-33-23-41(37-49(47)50)40-21-26-43(27-22-40)51(42-24-18-38(3)19-25-42)44-28-30-45(52-5)31-29-44/h38-49H,6-37H2,1-5H3. The van der Waals surface area contributed by atoms with Gasteiger partial charge >= 0.3 is 0 Å². The first-order valence-corrected chi connectivity index (χ1v) is 24.8. The highest BCUT2D eigenvalue weighted by molar-refractivity contribution is 5.10. The van der Waals surface area contributed by atoms with Crippen LogP contribution in [0.1, 0.15) is 233 Å². The van der Waals surface area contributed by atoms with Gasteiger partial charge in [-0.05, 0) is 175 Å². The van der Waals surface area contributed by atoms with Crippen LogP contribution in [0.15, 0.2) is 0 Å². The Morgan fingerprint density at radius 1 is 0.462 bits per heavy atom. The summed E-state index contributed by atoms with van der Waals surface area (Å²) in [5, 5.41) is 0. The predicted octanol–water partition coefficient (Wildman–Crippen LogP) is 15.0. The van der Waals surface area contributed by atoms with Crippen molar-refractivity contribution in [3.63, 3.8) is 0 Å². The molecule has 6 aliphatic carbocycles. The number of rotatable bonds is 19. The Labute approximate surface area is 325 Å². The zero-order valence-electron chi connectivity index (χ0n) is 35.9. The van der Waals surface area contributed by atoms with Crippen molar-refractivity contribution in [2.24, 2.45) is 52.8 Å². The fourth-order valence-corrected chi connectivity index (χ4v) is 14.9. The molecule has 52 heavy (non-hydrogen) atoms. The molecular formula is C50H91NO. The van der Waals surface area contributed by atoms with E-state index in [1.165, 1.54) is 148 Å². The Bertz CT molecular complexity index is 953. The maximum atomic E-state index is 5.85. The molecule has 0 aromatic carbocycles. The third kappa shape index (κ3) is 10.3. The molecule has 2 nitrogen and oxygen atoms in total. The highest BCUT2D eigenvalue weighted by Gasteiger charge is 2.60. The third-order valence-corrected chi connectivity index (χ3v) is 17.8. The second kappa shape index (κ2) is 20.9. The van der Waals surface area contributed by atoms with Crippen LogP contribution in [0, 0.1) is 52.8 Å². The second-order valence-corrected chi connectivity index (χ2v) is 20.9. The van der Waals surface area contributed by atoms with Crippen molar-refractivity contribution < 1.29 is 4.74 Å². The van der Waals surface area contributed by atoms with E-state index in [0.29, 0.717) is 11.5 Å². The van der Waals surface area contributed by atoms with Gasteiger partial charge in [-0.1, -0.05) is 111 Å². The van der Waals surface area contributed by atoms with E-state index in [9.17, 15) is 0 Å². The van der Waals surface area contributed by atoms with Gasteiger partial charge in [0, 0.05) is 25.2 Å². The Morgan fingerprint density at radius 2 is 0.904 bits per heavy atom. The molecule has 0 radical (unpaired) electrons. The van der Waals surface area contributed by atoms with Crippen LogP contribution in [0.25, 0.3) is 0 Å². The minimum Gasteiger partial charge on any atom is -0.381 e. The van der Waals surface area contributed by atoms with Crippen molar-refractivity contribution in [1.82, 2.24) is 4.90 Å². The van der Waals surface area contributed by atoms with Crippen LogP contribution in [-0.4, -0.2) is 36.2 Å². The van der Waals surface area contributed by atoms with Crippen LogP contribution < -0.4 is 0 Å². The van der Waals surface area contributed by atoms with Crippen LogP contribution in [0.2, 0.25) is 0 Å². The molecule has 6 fully saturated rings. The van der Waals surface area contributed by atoms with Gasteiger partial charge in [0.25, 0.3) is 0 Å². The monoisotopic (exact) mass is 722 g/mol. The molecule has 0 heterocycles. The average molecular weight is 722 g/mol. The van der Waals surface area contributed by atoms with Crippen molar-refractivity contribution in [3.8, 4) is 0 Å². The Morgan fingerprint density at radius 3 is 1.46 bits per heavy atom. The summed E-state index contributed by atoms with van der Waals surface area (Å²) < 4.78 is 5.85. The summed E-state index contributed by atoms with van der Waals surface area (Å²) >= 11 is 0. The van der Waals surface area contributed by atoms with Gasteiger partial charge in [0.05, 0.1) is 6.10 Å². The minimum atomic E-state index is 0.521. The lowest BCUT2D eigenvalue weighted by Crippen LogP contribution is -2.53. The first kappa shape index (κ1) is 41.6. The summed E-state index contributed by atoms with van der Waals surface area (Å²) in [4.78, 5) is 3.21. The fourth-order valence-electron chi connectivity index (χ4n) is 14.9. The highest BCUT2D eigenvalue weighted by Crippen LogP contribution is 2.68. The van der Waals surface area contributed by atoms with E-state index in [0.717, 1.165) is 65.5 Å². The van der Waals surface area contributed by atoms with Crippen LogP contribution in [0.5, 0.6) is 0 Å². The number of hydrogen-bond acceptors (Lipinski definition) is 2. The molecular weight excluding hydrogens is 631 g/mol. The van der Waals surface area contributed by atoms with E-state index in [-0.39, 0.29) is 0 Å². The number of nitrogens with zero attached hydrogens (tertiary/aromatic N) is 1. The quantitative estimate of drug-likeness (QED) is 0.123. The normalized spacial score (nSPS) is 39.3. The molecule has 6 aliphatic rings. The second-order valence-electron chi connectivity index (χ2n) is 20.9. The van der Waals surface area contributed by atoms with Gasteiger partial charge in [-0.25, -0.2) is 0 Å². The molecule has 6 saturated carbocycles. The van der Waals surface area contributed by atoms with Crippen molar-refractivity contribution in [3.05, 3.63) is 0 Å². The zero-order chi connectivity index (χ0) is 36.3. The van der Waals surface area contributed by atoms with Crippen molar-refractivity contribution in [1.29, 1.82) is 0 Å². The molecule has 0 bridgehead atoms. The van der Waals surface area contributed by atoms with E-state index in [4.69, 9.17) is 4.74 Å². The summed E-state index contributed by atoms with van der Waals surface area (Å²) in [6.45, 7) is 9.91. The smallest absolute Gasteiger partial charge is 0.0572 e. The number of fused-ring (bicyclic) bond motifs is 3. The molecule has 0 amide bonds. The first-order valence-electron chi connectivity index (χ1n) is 24.8. The molecule has 0 aliphatic heterocycles. The van der Waals surface area contributed by atoms with Crippen molar-refractivity contribution in [2.45, 2.75) is 257 Å². The number of hydrogen-bond donors (Lipinski definition) is 0. The van der Waals surface area contributed by atoms with Gasteiger partial charge in [0.2, 0.25) is 0 Å². The molecule has 0 aromatic rings. The summed E-state index contributed by atoms with van der Waals surface area (Å²) in [5.74, 6) is 8.27. The summed E-state index contributed by atoms with van der Waals surface area (Å²) in [5.41, 5.74) is 0.686. The Kier molecular flexibility index (Phi) is 16.7. The van der Waals surface area contributed by atoms with E-state index in [2.05, 4.69) is 32.6 Å². The van der Waals surface area contributed by atoms with Crippen LogP contribution in [-0.2, 0) is 4.74 Å². The lowest BCUT2D eigenvalue weighted by Gasteiger charge is -2.51. The molecule has 2 heteroatoms. The Balaban J connectivity index is 1.13. The minimum absolute atomic E-state index is 0.521. The maximum Gasteiger partial charge on any atom is 0.0572 e. The topological polar surface area (TPSA) is 12.5 Å². The van der Waals surface area contributed by atoms with Gasteiger partial charge in [-0.3, -0.25) is 4.90 Å². The largest absolute Gasteiger partial charge is 0.381 e. The molecule has 0 saturated heterocycles. The maximum absolute atomic E-state index is 5.85. The fraction of sp³-hybridized carbons (Fsp3) is 1.00. The highest BCUT2D eigenvalue weighted by atomic mass is 16.5. The molecule has 302 valence electrons. The first-order chi connectivity index (χ1) is 25.5. The number of ether oxygens (including phenoxy) is 1. The molecule has 6 rings (SSSR count). The third-order valence-electron chi connectivity index (χ3n) is 17.8. The van der Waals surface area contributed by atoms with E-state index >= 15 is 0 Å². The lowest BCUT2D eigenvalue weighted by atomic mass is 9.57. The van der Waals surface area contributed by atoms with Gasteiger partial charge in [-0.2, -0.15) is 0 Å². The molecule has 0 spiro atoms. The zero-order valence-corrected chi connectivity index (χ0v) is 35.9. The van der Waals surface area contributed by atoms with Crippen LogP contribution in [0.4, 0.5) is 0 Å². The summed E-state index contributed by atoms with van der Waals surface area (Å²) in [6, 6.07) is 2.56. The summed E-state index contributed by atoms with van der Waals surface area (Å²) in [6.07, 6.45) is 48.3. The van der Waals surface area contributed by atoms with Crippen molar-refractivity contribution in [2.75, 3.05) is 7.11 Å². The average Bonchev–Trinajstić information content (AvgIpc) is 3.43. The van der Waals surface area contributed by atoms with Gasteiger partial charge in [-0.15, -0.1) is 0 Å². The number of methoxy groups -OCH3 is 1. The van der Waals surface area contributed by atoms with Gasteiger partial charge in [0.15, 0.2) is 0 Å². The van der Waals surface area contributed by atoms with E-state index in [1.807, 2.05) is 7.11 Å². The van der Waals surface area contributed by atoms with E-state index < -0.39 is 0 Å². The van der Waals surface area contributed by atoms with Crippen LogP contribution >= 0.6 is 0 Å². The molecule has 6 atom stereocenters. The van der Waals surface area contributed by atoms with Crippen molar-refractivity contribution >= 4 is 0 Å². The SMILES string of the molecule is CCCCCCCCC1(CCCCCCCC)C2CC(C)CCC2C2CCC(C3CCC(N(C4CCC(C)CC4)C4CCC(OC)CC4)CC3)CC21. The van der Waals surface area contributed by atoms with Gasteiger partial charge < -0.3 is 4.74 Å². The summed E-state index contributed by atoms with van der Waals surface area (Å²) in [7, 11) is 1.95. The predicted molar refractivity (Wildman–Crippen MR) is 225 cm³/mol.